The third-order valence-electron chi connectivity index (χ3n) is 5.98. The number of aromatic nitrogens is 1. The molecule has 1 heterocycles. The van der Waals surface area contributed by atoms with Crippen molar-refractivity contribution in [2.75, 3.05) is 0 Å². The lowest BCUT2D eigenvalue weighted by Gasteiger charge is -2.22. The van der Waals surface area contributed by atoms with Crippen LogP contribution in [0, 0.1) is 5.92 Å². The molecule has 2 atom stereocenters. The molecule has 2 saturated carbocycles. The van der Waals surface area contributed by atoms with E-state index in [1.807, 2.05) is 0 Å². The Labute approximate surface area is 140 Å². The Bertz CT molecular complexity index is 680. The van der Waals surface area contributed by atoms with Crippen molar-refractivity contribution in [3.63, 3.8) is 0 Å². The third kappa shape index (κ3) is 3.06. The monoisotopic (exact) mass is 306 g/mol. The van der Waals surface area contributed by atoms with Gasteiger partial charge < -0.3 is 0 Å². The van der Waals surface area contributed by atoms with Crippen LogP contribution in [0.15, 0.2) is 42.6 Å². The van der Waals surface area contributed by atoms with E-state index in [9.17, 15) is 0 Å². The van der Waals surface area contributed by atoms with E-state index >= 15 is 0 Å². The van der Waals surface area contributed by atoms with E-state index in [-0.39, 0.29) is 0 Å². The summed E-state index contributed by atoms with van der Waals surface area (Å²) < 4.78 is 2.33. The zero-order chi connectivity index (χ0) is 15.8. The maximum absolute atomic E-state index is 2.36. The van der Waals surface area contributed by atoms with Gasteiger partial charge in [0.2, 0.25) is 0 Å². The van der Waals surface area contributed by atoms with Crippen molar-refractivity contribution in [1.82, 2.24) is 0 Å². The highest BCUT2D eigenvalue weighted by Gasteiger charge is 2.39. The molecule has 120 valence electrons. The molecule has 2 fully saturated rings. The van der Waals surface area contributed by atoms with Gasteiger partial charge in [-0.1, -0.05) is 50.5 Å². The Morgan fingerprint density at radius 1 is 0.870 bits per heavy atom. The van der Waals surface area contributed by atoms with Gasteiger partial charge in [-0.15, -0.1) is 0 Å². The quantitative estimate of drug-likeness (QED) is 0.673. The van der Waals surface area contributed by atoms with Crippen LogP contribution in [0.1, 0.15) is 68.5 Å². The molecule has 1 aromatic carbocycles. The van der Waals surface area contributed by atoms with E-state index < -0.39 is 0 Å². The van der Waals surface area contributed by atoms with Gasteiger partial charge in [0.25, 0.3) is 0 Å². The molecule has 2 aliphatic rings. The van der Waals surface area contributed by atoms with Crippen LogP contribution in [0.5, 0.6) is 0 Å². The van der Waals surface area contributed by atoms with E-state index in [4.69, 9.17) is 0 Å². The van der Waals surface area contributed by atoms with Crippen LogP contribution >= 0.6 is 0 Å². The lowest BCUT2D eigenvalue weighted by atomic mass is 9.84. The molecule has 0 saturated heterocycles. The van der Waals surface area contributed by atoms with Gasteiger partial charge in [-0.3, -0.25) is 0 Å². The molecular weight excluding hydrogens is 278 g/mol. The predicted molar refractivity (Wildman–Crippen MR) is 95.4 cm³/mol. The maximum atomic E-state index is 2.36. The second-order valence-corrected chi connectivity index (χ2v) is 7.73. The van der Waals surface area contributed by atoms with Gasteiger partial charge in [0.1, 0.15) is 7.05 Å². The summed E-state index contributed by atoms with van der Waals surface area (Å²) in [6, 6.07) is 14.0. The molecule has 0 spiro atoms. The first-order chi connectivity index (χ1) is 11.2. The molecule has 1 nitrogen and oxygen atoms in total. The largest absolute Gasteiger partial charge is 0.204 e. The summed E-state index contributed by atoms with van der Waals surface area (Å²) in [5.41, 5.74) is 5.71. The van der Waals surface area contributed by atoms with Crippen molar-refractivity contribution in [3.05, 3.63) is 53.9 Å². The standard InChI is InChI=1S/C22H28N/c1-16-14-21(16)22-13-12-20(15-23(22)2)19-10-8-18(9-11-19)17-6-4-3-5-7-17/h8-13,15-17,21H,3-7,14H2,1-2H3/q+1/t16-,21?/m1/s1. The minimum absolute atomic E-state index is 0.780. The van der Waals surface area contributed by atoms with Gasteiger partial charge in [-0.2, -0.15) is 0 Å². The summed E-state index contributed by atoms with van der Waals surface area (Å²) in [6.07, 6.45) is 10.6. The number of pyridine rings is 1. The maximum Gasteiger partial charge on any atom is 0.184 e. The van der Waals surface area contributed by atoms with Crippen LogP contribution < -0.4 is 4.57 Å². The number of hydrogen-bond donors (Lipinski definition) is 0. The molecule has 1 unspecified atom stereocenters. The minimum atomic E-state index is 0.780. The first-order valence-corrected chi connectivity index (χ1v) is 9.32. The van der Waals surface area contributed by atoms with Gasteiger partial charge in [0, 0.05) is 17.5 Å². The van der Waals surface area contributed by atoms with Crippen molar-refractivity contribution < 1.29 is 4.57 Å². The zero-order valence-electron chi connectivity index (χ0n) is 14.5. The van der Waals surface area contributed by atoms with Crippen LogP contribution in [0.4, 0.5) is 0 Å². The van der Waals surface area contributed by atoms with Gasteiger partial charge in [-0.05, 0) is 48.3 Å². The molecule has 2 aromatic rings. The summed E-state index contributed by atoms with van der Waals surface area (Å²) in [4.78, 5) is 0. The summed E-state index contributed by atoms with van der Waals surface area (Å²) >= 11 is 0. The molecule has 0 amide bonds. The van der Waals surface area contributed by atoms with Crippen LogP contribution in [0.2, 0.25) is 0 Å². The zero-order valence-corrected chi connectivity index (χ0v) is 14.5. The van der Waals surface area contributed by atoms with Gasteiger partial charge >= 0.3 is 0 Å². The average Bonchev–Trinajstić information content (AvgIpc) is 3.32. The van der Waals surface area contributed by atoms with Crippen molar-refractivity contribution in [1.29, 1.82) is 0 Å². The fourth-order valence-corrected chi connectivity index (χ4v) is 4.29. The molecule has 0 radical (unpaired) electrons. The Balaban J connectivity index is 1.54. The fraction of sp³-hybridized carbons (Fsp3) is 0.500. The van der Waals surface area contributed by atoms with Gasteiger partial charge in [0.15, 0.2) is 11.9 Å². The molecule has 0 aliphatic heterocycles. The molecule has 4 rings (SSSR count). The van der Waals surface area contributed by atoms with Crippen LogP contribution in [0.25, 0.3) is 11.1 Å². The highest BCUT2D eigenvalue weighted by Crippen LogP contribution is 2.45. The van der Waals surface area contributed by atoms with E-state index in [0.717, 1.165) is 17.8 Å². The van der Waals surface area contributed by atoms with Crippen molar-refractivity contribution in [2.45, 2.75) is 57.3 Å². The van der Waals surface area contributed by atoms with Crippen LogP contribution in [-0.2, 0) is 7.05 Å². The predicted octanol–water partition coefficient (Wildman–Crippen LogP) is 5.35. The summed E-state index contributed by atoms with van der Waals surface area (Å²) in [7, 11) is 2.19. The molecule has 23 heavy (non-hydrogen) atoms. The second-order valence-electron chi connectivity index (χ2n) is 7.73. The van der Waals surface area contributed by atoms with E-state index in [0.29, 0.717) is 0 Å². The molecule has 0 bridgehead atoms. The smallest absolute Gasteiger partial charge is 0.184 e. The van der Waals surface area contributed by atoms with E-state index in [1.165, 1.54) is 55.3 Å². The lowest BCUT2D eigenvalue weighted by Crippen LogP contribution is -2.33. The second kappa shape index (κ2) is 6.11. The Kier molecular flexibility index (Phi) is 3.97. The number of hydrogen-bond acceptors (Lipinski definition) is 0. The lowest BCUT2D eigenvalue weighted by molar-refractivity contribution is -0.679. The summed E-state index contributed by atoms with van der Waals surface area (Å²) in [5, 5.41) is 0. The Hall–Kier alpha value is -1.63. The van der Waals surface area contributed by atoms with Gasteiger partial charge in [-0.25, -0.2) is 4.57 Å². The SMILES string of the molecule is C[C@@H]1CC1c1ccc(-c2ccc(C3CCCCC3)cc2)c[n+]1C. The molecule has 1 heteroatoms. The van der Waals surface area contributed by atoms with Crippen molar-refractivity contribution in [3.8, 4) is 11.1 Å². The van der Waals surface area contributed by atoms with E-state index in [2.05, 4.69) is 61.1 Å². The third-order valence-corrected chi connectivity index (χ3v) is 5.98. The first-order valence-electron chi connectivity index (χ1n) is 9.32. The summed E-state index contributed by atoms with van der Waals surface area (Å²) in [6.45, 7) is 2.35. The highest BCUT2D eigenvalue weighted by molar-refractivity contribution is 5.62. The topological polar surface area (TPSA) is 3.88 Å². The number of aryl methyl sites for hydroxylation is 1. The van der Waals surface area contributed by atoms with Gasteiger partial charge in [0.05, 0.1) is 0 Å². The fourth-order valence-electron chi connectivity index (χ4n) is 4.29. The van der Waals surface area contributed by atoms with Crippen LogP contribution in [0.3, 0.4) is 0 Å². The normalized spacial score (nSPS) is 24.6. The minimum Gasteiger partial charge on any atom is -0.204 e. The van der Waals surface area contributed by atoms with Crippen molar-refractivity contribution >= 4 is 0 Å². The Morgan fingerprint density at radius 3 is 2.13 bits per heavy atom. The molecule has 2 aliphatic carbocycles. The Morgan fingerprint density at radius 2 is 1.52 bits per heavy atom. The van der Waals surface area contributed by atoms with Crippen molar-refractivity contribution in [2.24, 2.45) is 13.0 Å². The highest BCUT2D eigenvalue weighted by atomic mass is 14.9. The van der Waals surface area contributed by atoms with Crippen LogP contribution in [-0.4, -0.2) is 0 Å². The number of benzene rings is 1. The first kappa shape index (κ1) is 14.9. The average molecular weight is 306 g/mol. The number of nitrogens with zero attached hydrogens (tertiary/aromatic N) is 1. The van der Waals surface area contributed by atoms with E-state index in [1.54, 1.807) is 5.56 Å². The number of rotatable bonds is 3. The molecule has 0 N–H and O–H groups in total. The molecular formula is C22H28N+. The molecule has 1 aromatic heterocycles. The summed E-state index contributed by atoms with van der Waals surface area (Å²) in [5.74, 6) is 2.44.